The van der Waals surface area contributed by atoms with Gasteiger partial charge in [-0.05, 0) is 23.8 Å². The second-order valence-electron chi connectivity index (χ2n) is 5.69. The predicted octanol–water partition coefficient (Wildman–Crippen LogP) is 2.53. The number of aliphatic imine (C=N–C) groups is 1. The highest BCUT2D eigenvalue weighted by molar-refractivity contribution is 7.90. The third-order valence-electron chi connectivity index (χ3n) is 4.24. The molecule has 0 aromatic heterocycles. The fourth-order valence-corrected chi connectivity index (χ4v) is 4.49. The largest absolute Gasteiger partial charge is 0.287 e. The first-order valence-electron chi connectivity index (χ1n) is 7.33. The van der Waals surface area contributed by atoms with Crippen molar-refractivity contribution in [1.82, 2.24) is 4.72 Å². The number of hydrogen-bond donors (Lipinski definition) is 1. The summed E-state index contributed by atoms with van der Waals surface area (Å²) in [6, 6.07) is 5.57. The standard InChI is InChI=1S/C17H9F3N2O3S/c1-21-16-12(7-5-9(18)14(20)10(19)6-7)15-13-8(17(16)23)3-2-4-11(13)26(24,25)22-15/h2-6,22H,1H3. The summed E-state index contributed by atoms with van der Waals surface area (Å²) in [5.41, 5.74) is -0.267. The van der Waals surface area contributed by atoms with Gasteiger partial charge in [-0.1, -0.05) is 12.1 Å². The summed E-state index contributed by atoms with van der Waals surface area (Å²) in [7, 11) is -2.66. The molecule has 1 aliphatic heterocycles. The first kappa shape index (κ1) is 16.5. The Kier molecular flexibility index (Phi) is 3.35. The summed E-state index contributed by atoms with van der Waals surface area (Å²) in [6.45, 7) is 0. The Morgan fingerprint density at radius 2 is 1.73 bits per heavy atom. The molecule has 0 radical (unpaired) electrons. The molecule has 26 heavy (non-hydrogen) atoms. The van der Waals surface area contributed by atoms with Gasteiger partial charge in [0.15, 0.2) is 17.5 Å². The minimum atomic E-state index is -3.95. The monoisotopic (exact) mass is 378 g/mol. The lowest BCUT2D eigenvalue weighted by atomic mass is 9.83. The number of halogens is 3. The van der Waals surface area contributed by atoms with E-state index in [1.54, 1.807) is 0 Å². The van der Waals surface area contributed by atoms with E-state index < -0.39 is 33.3 Å². The van der Waals surface area contributed by atoms with Gasteiger partial charge in [-0.25, -0.2) is 21.6 Å². The molecule has 2 aromatic carbocycles. The van der Waals surface area contributed by atoms with E-state index in [9.17, 15) is 26.4 Å². The first-order chi connectivity index (χ1) is 12.3. The number of ketones is 1. The van der Waals surface area contributed by atoms with Crippen LogP contribution in [0.2, 0.25) is 0 Å². The topological polar surface area (TPSA) is 75.6 Å². The Labute approximate surface area is 145 Å². The van der Waals surface area contributed by atoms with Gasteiger partial charge in [-0.3, -0.25) is 14.5 Å². The Morgan fingerprint density at radius 3 is 2.35 bits per heavy atom. The lowest BCUT2D eigenvalue weighted by molar-refractivity contribution is 0.106. The van der Waals surface area contributed by atoms with Gasteiger partial charge in [0.2, 0.25) is 5.78 Å². The van der Waals surface area contributed by atoms with Crippen LogP contribution in [0.15, 0.2) is 40.2 Å². The normalized spacial score (nSPS) is 18.9. The van der Waals surface area contributed by atoms with E-state index in [1.807, 2.05) is 0 Å². The summed E-state index contributed by atoms with van der Waals surface area (Å²) >= 11 is 0. The number of nitrogens with zero attached hydrogens (tertiary/aromatic N) is 1. The van der Waals surface area contributed by atoms with Crippen LogP contribution in [0.3, 0.4) is 0 Å². The van der Waals surface area contributed by atoms with Crippen molar-refractivity contribution in [2.75, 3.05) is 7.05 Å². The fraction of sp³-hybridized carbons (Fsp3) is 0.0588. The number of carbonyl (C=O) groups is 1. The maximum Gasteiger partial charge on any atom is 0.262 e. The van der Waals surface area contributed by atoms with Gasteiger partial charge in [0, 0.05) is 23.7 Å². The highest BCUT2D eigenvalue weighted by Crippen LogP contribution is 2.42. The minimum absolute atomic E-state index is 0.0128. The molecule has 0 bridgehead atoms. The van der Waals surface area contributed by atoms with E-state index in [0.717, 1.165) is 0 Å². The number of sulfonamides is 1. The quantitative estimate of drug-likeness (QED) is 0.775. The zero-order valence-corrected chi connectivity index (χ0v) is 13.9. The molecule has 0 saturated heterocycles. The summed E-state index contributed by atoms with van der Waals surface area (Å²) < 4.78 is 67.8. The van der Waals surface area contributed by atoms with Crippen LogP contribution in [-0.4, -0.2) is 27.0 Å². The van der Waals surface area contributed by atoms with Crippen LogP contribution < -0.4 is 4.72 Å². The maximum atomic E-state index is 13.7. The lowest BCUT2D eigenvalue weighted by Gasteiger charge is -2.20. The fourth-order valence-electron chi connectivity index (χ4n) is 3.17. The molecule has 0 atom stereocenters. The van der Waals surface area contributed by atoms with Crippen molar-refractivity contribution < 1.29 is 26.4 Å². The molecule has 0 unspecified atom stereocenters. The van der Waals surface area contributed by atoms with Crippen molar-refractivity contribution in [3.05, 3.63) is 64.5 Å². The number of benzene rings is 2. The van der Waals surface area contributed by atoms with Gasteiger partial charge < -0.3 is 0 Å². The highest BCUT2D eigenvalue weighted by atomic mass is 32.2. The third-order valence-corrected chi connectivity index (χ3v) is 5.64. The Bertz CT molecular complexity index is 1160. The van der Waals surface area contributed by atoms with Gasteiger partial charge in [0.25, 0.3) is 10.0 Å². The highest BCUT2D eigenvalue weighted by Gasteiger charge is 2.41. The number of allylic oxidation sites excluding steroid dienone is 1. The molecule has 2 aromatic rings. The van der Waals surface area contributed by atoms with E-state index in [0.29, 0.717) is 12.1 Å². The summed E-state index contributed by atoms with van der Waals surface area (Å²) in [6.07, 6.45) is 0. The van der Waals surface area contributed by atoms with E-state index in [1.165, 1.54) is 25.2 Å². The smallest absolute Gasteiger partial charge is 0.262 e. The van der Waals surface area contributed by atoms with Crippen LogP contribution in [0.4, 0.5) is 13.2 Å². The van der Waals surface area contributed by atoms with Crippen LogP contribution >= 0.6 is 0 Å². The van der Waals surface area contributed by atoms with Crippen molar-refractivity contribution in [2.45, 2.75) is 4.90 Å². The second-order valence-corrected chi connectivity index (χ2v) is 7.34. The molecule has 0 fully saturated rings. The number of hydrogen-bond acceptors (Lipinski definition) is 4. The molecule has 0 spiro atoms. The van der Waals surface area contributed by atoms with E-state index in [4.69, 9.17) is 0 Å². The van der Waals surface area contributed by atoms with Gasteiger partial charge in [-0.2, -0.15) is 0 Å². The summed E-state index contributed by atoms with van der Waals surface area (Å²) in [5.74, 6) is -5.18. The summed E-state index contributed by atoms with van der Waals surface area (Å²) in [4.78, 5) is 16.5. The van der Waals surface area contributed by atoms with Crippen LogP contribution in [0.25, 0.3) is 11.3 Å². The molecule has 1 aliphatic carbocycles. The van der Waals surface area contributed by atoms with Gasteiger partial charge >= 0.3 is 0 Å². The molecule has 1 N–H and O–H groups in total. The minimum Gasteiger partial charge on any atom is -0.287 e. The average molecular weight is 378 g/mol. The van der Waals surface area contributed by atoms with E-state index in [-0.39, 0.29) is 38.6 Å². The van der Waals surface area contributed by atoms with E-state index >= 15 is 0 Å². The number of carbonyl (C=O) groups excluding carboxylic acids is 1. The first-order valence-corrected chi connectivity index (χ1v) is 8.82. The molecule has 0 saturated carbocycles. The molecule has 4 rings (SSSR count). The Hall–Kier alpha value is -2.94. The molecule has 0 amide bonds. The molecule has 9 heteroatoms. The number of Topliss-reactive ketones (excluding diaryl/α,β-unsaturated/α-hetero) is 1. The van der Waals surface area contributed by atoms with Crippen LogP contribution in [-0.2, 0) is 10.0 Å². The van der Waals surface area contributed by atoms with Gasteiger partial charge in [0.1, 0.15) is 5.71 Å². The number of rotatable bonds is 1. The molecule has 2 aliphatic rings. The molecule has 1 heterocycles. The van der Waals surface area contributed by atoms with Crippen molar-refractivity contribution in [2.24, 2.45) is 4.99 Å². The van der Waals surface area contributed by atoms with Gasteiger partial charge in [0.05, 0.1) is 10.6 Å². The van der Waals surface area contributed by atoms with Crippen LogP contribution in [0.5, 0.6) is 0 Å². The average Bonchev–Trinajstić information content (AvgIpc) is 2.87. The van der Waals surface area contributed by atoms with Crippen molar-refractivity contribution in [1.29, 1.82) is 0 Å². The van der Waals surface area contributed by atoms with Crippen LogP contribution in [0, 0.1) is 17.5 Å². The van der Waals surface area contributed by atoms with E-state index in [2.05, 4.69) is 9.71 Å². The molecule has 5 nitrogen and oxygen atoms in total. The number of nitrogens with one attached hydrogen (secondary N) is 1. The summed E-state index contributed by atoms with van der Waals surface area (Å²) in [5, 5.41) is 0. The molecule has 132 valence electrons. The second kappa shape index (κ2) is 5.28. The zero-order chi connectivity index (χ0) is 18.8. The van der Waals surface area contributed by atoms with Crippen molar-refractivity contribution in [3.63, 3.8) is 0 Å². The third kappa shape index (κ3) is 2.07. The van der Waals surface area contributed by atoms with Crippen LogP contribution in [0.1, 0.15) is 21.5 Å². The Morgan fingerprint density at radius 1 is 1.08 bits per heavy atom. The SMILES string of the molecule is CN=C1C(=O)c2cccc3c2C(=C1c1cc(F)c(F)c(F)c1)NS3(=O)=O. The lowest BCUT2D eigenvalue weighted by Crippen LogP contribution is -2.26. The Balaban J connectivity index is 2.15. The molecular weight excluding hydrogens is 369 g/mol. The maximum absolute atomic E-state index is 13.7. The molecular formula is C17H9F3N2O3S. The van der Waals surface area contributed by atoms with Crippen molar-refractivity contribution >= 4 is 32.8 Å². The zero-order valence-electron chi connectivity index (χ0n) is 13.1. The predicted molar refractivity (Wildman–Crippen MR) is 87.6 cm³/mol. The van der Waals surface area contributed by atoms with Gasteiger partial charge in [-0.15, -0.1) is 0 Å². The van der Waals surface area contributed by atoms with Crippen molar-refractivity contribution in [3.8, 4) is 0 Å².